The van der Waals surface area contributed by atoms with E-state index < -0.39 is 0 Å². The predicted octanol–water partition coefficient (Wildman–Crippen LogP) is 1.98. The molecule has 1 aliphatic heterocycles. The lowest BCUT2D eigenvalue weighted by Crippen LogP contribution is -2.21. The first kappa shape index (κ1) is 8.52. The van der Waals surface area contributed by atoms with Crippen LogP contribution in [0.2, 0.25) is 0 Å². The summed E-state index contributed by atoms with van der Waals surface area (Å²) < 4.78 is 10.6. The van der Waals surface area contributed by atoms with Crippen LogP contribution in [-0.2, 0) is 9.47 Å². The van der Waals surface area contributed by atoms with Crippen molar-refractivity contribution in [3.05, 3.63) is 0 Å². The molecule has 0 bridgehead atoms. The molecule has 0 spiro atoms. The van der Waals surface area contributed by atoms with Gasteiger partial charge in [0.15, 0.2) is 0 Å². The smallest absolute Gasteiger partial charge is 0.0812 e. The van der Waals surface area contributed by atoms with Gasteiger partial charge in [0.05, 0.1) is 18.8 Å². The van der Waals surface area contributed by atoms with Gasteiger partial charge in [-0.1, -0.05) is 0 Å². The first-order valence-corrected chi connectivity index (χ1v) is 5.03. The number of epoxide rings is 1. The number of ether oxygens (including phenoxy) is 2. The highest BCUT2D eigenvalue weighted by Crippen LogP contribution is 2.32. The first-order valence-electron chi connectivity index (χ1n) is 5.03. The number of rotatable bonds is 3. The molecule has 1 atom stereocenters. The second kappa shape index (κ2) is 3.75. The van der Waals surface area contributed by atoms with Gasteiger partial charge in [0.25, 0.3) is 0 Å². The van der Waals surface area contributed by atoms with E-state index in [2.05, 4.69) is 0 Å². The van der Waals surface area contributed by atoms with Crippen molar-refractivity contribution < 1.29 is 9.47 Å². The minimum atomic E-state index is 0.543. The van der Waals surface area contributed by atoms with Gasteiger partial charge in [0.2, 0.25) is 0 Å². The van der Waals surface area contributed by atoms with Gasteiger partial charge >= 0.3 is 0 Å². The van der Waals surface area contributed by atoms with E-state index in [1.807, 2.05) is 7.11 Å². The molecule has 0 aromatic carbocycles. The van der Waals surface area contributed by atoms with Gasteiger partial charge in [-0.2, -0.15) is 0 Å². The molecule has 2 aliphatic rings. The van der Waals surface area contributed by atoms with Gasteiger partial charge in [-0.15, -0.1) is 0 Å². The van der Waals surface area contributed by atoms with Crippen molar-refractivity contribution in [2.45, 2.75) is 44.3 Å². The van der Waals surface area contributed by atoms with Crippen molar-refractivity contribution in [3.8, 4) is 0 Å². The van der Waals surface area contributed by atoms with Crippen molar-refractivity contribution in [2.75, 3.05) is 13.7 Å². The van der Waals surface area contributed by atoms with E-state index in [1.54, 1.807) is 0 Å². The number of hydrogen-bond donors (Lipinski definition) is 0. The summed E-state index contributed by atoms with van der Waals surface area (Å²) in [6.45, 7) is 1.02. The van der Waals surface area contributed by atoms with E-state index in [0.717, 1.165) is 12.5 Å². The molecule has 0 N–H and O–H groups in total. The largest absolute Gasteiger partial charge is 0.381 e. The third-order valence-electron chi connectivity index (χ3n) is 3.13. The van der Waals surface area contributed by atoms with Gasteiger partial charge in [0, 0.05) is 7.11 Å². The molecule has 0 amide bonds. The average Bonchev–Trinajstić information content (AvgIpc) is 2.90. The van der Waals surface area contributed by atoms with E-state index in [-0.39, 0.29) is 0 Å². The Hall–Kier alpha value is -0.0800. The summed E-state index contributed by atoms with van der Waals surface area (Å²) in [6.07, 6.45) is 7.67. The van der Waals surface area contributed by atoms with Crippen LogP contribution in [0, 0.1) is 5.92 Å². The van der Waals surface area contributed by atoms with Crippen LogP contribution in [0.1, 0.15) is 32.1 Å². The molecule has 1 aliphatic carbocycles. The van der Waals surface area contributed by atoms with Crippen molar-refractivity contribution >= 4 is 0 Å². The van der Waals surface area contributed by atoms with E-state index >= 15 is 0 Å². The fourth-order valence-corrected chi connectivity index (χ4v) is 2.18. The van der Waals surface area contributed by atoms with E-state index in [0.29, 0.717) is 12.2 Å². The summed E-state index contributed by atoms with van der Waals surface area (Å²) in [5, 5.41) is 0. The maximum atomic E-state index is 5.33. The van der Waals surface area contributed by atoms with Crippen LogP contribution >= 0.6 is 0 Å². The fraction of sp³-hybridized carbons (Fsp3) is 1.00. The van der Waals surface area contributed by atoms with Crippen molar-refractivity contribution in [3.63, 3.8) is 0 Å². The standard InChI is InChI=1S/C10H18O2/c1-11-9-4-2-8(3-5-9)6-10-7-12-10/h8-10H,2-7H2,1H3. The van der Waals surface area contributed by atoms with Crippen LogP contribution in [0.15, 0.2) is 0 Å². The second-order valence-corrected chi connectivity index (χ2v) is 4.07. The van der Waals surface area contributed by atoms with Crippen LogP contribution in [-0.4, -0.2) is 25.9 Å². The van der Waals surface area contributed by atoms with Gasteiger partial charge in [-0.05, 0) is 38.0 Å². The lowest BCUT2D eigenvalue weighted by molar-refractivity contribution is 0.0543. The van der Waals surface area contributed by atoms with E-state index in [9.17, 15) is 0 Å². The number of hydrogen-bond acceptors (Lipinski definition) is 2. The Balaban J connectivity index is 1.66. The van der Waals surface area contributed by atoms with Crippen LogP contribution in [0.3, 0.4) is 0 Å². The fourth-order valence-electron chi connectivity index (χ4n) is 2.18. The molecule has 1 heterocycles. The van der Waals surface area contributed by atoms with Crippen LogP contribution < -0.4 is 0 Å². The molecule has 0 radical (unpaired) electrons. The van der Waals surface area contributed by atoms with E-state index in [4.69, 9.17) is 9.47 Å². The molecule has 2 heteroatoms. The molecule has 0 aromatic heterocycles. The molecule has 1 saturated heterocycles. The molecule has 2 rings (SSSR count). The quantitative estimate of drug-likeness (QED) is 0.604. The zero-order chi connectivity index (χ0) is 8.39. The van der Waals surface area contributed by atoms with Crippen molar-refractivity contribution in [2.24, 2.45) is 5.92 Å². The third kappa shape index (κ3) is 2.20. The Morgan fingerprint density at radius 1 is 1.25 bits per heavy atom. The molecular weight excluding hydrogens is 152 g/mol. The molecule has 0 aromatic rings. The first-order chi connectivity index (χ1) is 5.88. The highest BCUT2D eigenvalue weighted by atomic mass is 16.6. The third-order valence-corrected chi connectivity index (χ3v) is 3.13. The molecule has 1 saturated carbocycles. The minimum absolute atomic E-state index is 0.543. The molecule has 2 fully saturated rings. The minimum Gasteiger partial charge on any atom is -0.381 e. The highest BCUT2D eigenvalue weighted by Gasteiger charge is 2.29. The molecular formula is C10H18O2. The molecule has 12 heavy (non-hydrogen) atoms. The van der Waals surface area contributed by atoms with Gasteiger partial charge in [-0.25, -0.2) is 0 Å². The summed E-state index contributed by atoms with van der Waals surface area (Å²) in [7, 11) is 1.83. The normalized spacial score (nSPS) is 41.2. The Bertz CT molecular complexity index is 135. The summed E-state index contributed by atoms with van der Waals surface area (Å²) >= 11 is 0. The van der Waals surface area contributed by atoms with Gasteiger partial charge < -0.3 is 9.47 Å². The molecule has 70 valence electrons. The summed E-state index contributed by atoms with van der Waals surface area (Å²) in [4.78, 5) is 0. The van der Waals surface area contributed by atoms with Crippen LogP contribution in [0.5, 0.6) is 0 Å². The highest BCUT2D eigenvalue weighted by molar-refractivity contribution is 4.79. The van der Waals surface area contributed by atoms with Gasteiger partial charge in [0.1, 0.15) is 0 Å². The zero-order valence-corrected chi connectivity index (χ0v) is 7.79. The predicted molar refractivity (Wildman–Crippen MR) is 47.1 cm³/mol. The topological polar surface area (TPSA) is 21.8 Å². The molecule has 1 unspecified atom stereocenters. The Morgan fingerprint density at radius 3 is 2.42 bits per heavy atom. The lowest BCUT2D eigenvalue weighted by atomic mass is 9.84. The average molecular weight is 170 g/mol. The van der Waals surface area contributed by atoms with Crippen LogP contribution in [0.25, 0.3) is 0 Å². The van der Waals surface area contributed by atoms with Crippen molar-refractivity contribution in [1.82, 2.24) is 0 Å². The second-order valence-electron chi connectivity index (χ2n) is 4.07. The summed E-state index contributed by atoms with van der Waals surface area (Å²) in [6, 6.07) is 0. The zero-order valence-electron chi connectivity index (χ0n) is 7.79. The maximum Gasteiger partial charge on any atom is 0.0812 e. The van der Waals surface area contributed by atoms with Gasteiger partial charge in [-0.3, -0.25) is 0 Å². The lowest BCUT2D eigenvalue weighted by Gasteiger charge is -2.26. The van der Waals surface area contributed by atoms with Crippen molar-refractivity contribution in [1.29, 1.82) is 0 Å². The summed E-state index contributed by atoms with van der Waals surface area (Å²) in [5.41, 5.74) is 0. The Morgan fingerprint density at radius 2 is 1.92 bits per heavy atom. The Labute approximate surface area is 74.2 Å². The van der Waals surface area contributed by atoms with Crippen LogP contribution in [0.4, 0.5) is 0 Å². The summed E-state index contributed by atoms with van der Waals surface area (Å²) in [5.74, 6) is 0.920. The van der Waals surface area contributed by atoms with E-state index in [1.165, 1.54) is 32.1 Å². The maximum absolute atomic E-state index is 5.33. The SMILES string of the molecule is COC1CCC(CC2CO2)CC1. The molecule has 2 nitrogen and oxygen atoms in total. The number of methoxy groups -OCH3 is 1. The Kier molecular flexibility index (Phi) is 2.66. The monoisotopic (exact) mass is 170 g/mol.